The molecule has 118 valence electrons. The first-order valence-corrected chi connectivity index (χ1v) is 9.02. The van der Waals surface area contributed by atoms with Gasteiger partial charge in [-0.2, -0.15) is 0 Å². The highest BCUT2D eigenvalue weighted by atomic mass is 79.9. The Morgan fingerprint density at radius 3 is 2.30 bits per heavy atom. The number of rotatable bonds is 3. The van der Waals surface area contributed by atoms with E-state index in [-0.39, 0.29) is 22.9 Å². The number of esters is 1. The summed E-state index contributed by atoms with van der Waals surface area (Å²) in [7, 11) is 1.36. The molecule has 2 atom stereocenters. The molecule has 0 bridgehead atoms. The summed E-state index contributed by atoms with van der Waals surface area (Å²) in [5, 5.41) is 0.111. The number of ether oxygens (including phenoxy) is 1. The third-order valence-corrected chi connectivity index (χ3v) is 5.83. The van der Waals surface area contributed by atoms with Crippen LogP contribution in [-0.4, -0.2) is 24.6 Å². The van der Waals surface area contributed by atoms with Gasteiger partial charge in [0.15, 0.2) is 5.78 Å². The predicted molar refractivity (Wildman–Crippen MR) is 94.9 cm³/mol. The number of carbonyl (C=O) groups excluding carboxylic acids is 2. The van der Waals surface area contributed by atoms with Gasteiger partial charge in [-0.3, -0.25) is 4.79 Å². The average molecular weight is 391 g/mol. The molecule has 3 rings (SSSR count). The Labute approximate surface area is 147 Å². The van der Waals surface area contributed by atoms with Gasteiger partial charge in [0, 0.05) is 9.72 Å². The third kappa shape index (κ3) is 3.35. The molecule has 0 radical (unpaired) electrons. The zero-order valence-electron chi connectivity index (χ0n) is 12.5. The van der Waals surface area contributed by atoms with Crippen molar-refractivity contribution in [1.82, 2.24) is 0 Å². The van der Waals surface area contributed by atoms with Crippen LogP contribution in [0.1, 0.15) is 32.7 Å². The van der Waals surface area contributed by atoms with E-state index in [2.05, 4.69) is 28.1 Å². The molecule has 23 heavy (non-hydrogen) atoms. The van der Waals surface area contributed by atoms with Gasteiger partial charge in [-0.25, -0.2) is 4.79 Å². The monoisotopic (exact) mass is 390 g/mol. The number of halogens is 1. The smallest absolute Gasteiger partial charge is 0.337 e. The van der Waals surface area contributed by atoms with Crippen LogP contribution in [0, 0.1) is 0 Å². The molecule has 0 N–H and O–H groups in total. The van der Waals surface area contributed by atoms with Gasteiger partial charge >= 0.3 is 5.97 Å². The highest BCUT2D eigenvalue weighted by Gasteiger charge is 2.37. The molecule has 0 unspecified atom stereocenters. The van der Waals surface area contributed by atoms with E-state index in [4.69, 9.17) is 4.74 Å². The van der Waals surface area contributed by atoms with Gasteiger partial charge in [0.25, 0.3) is 0 Å². The summed E-state index contributed by atoms with van der Waals surface area (Å²) in [6.45, 7) is 0. The average Bonchev–Trinajstić information content (AvgIpc) is 2.96. The quantitative estimate of drug-likeness (QED) is 0.729. The van der Waals surface area contributed by atoms with E-state index in [0.29, 0.717) is 11.3 Å². The minimum Gasteiger partial charge on any atom is -0.465 e. The van der Waals surface area contributed by atoms with Gasteiger partial charge in [-0.1, -0.05) is 40.2 Å². The van der Waals surface area contributed by atoms with Crippen LogP contribution in [0.5, 0.6) is 0 Å². The van der Waals surface area contributed by atoms with E-state index in [0.717, 1.165) is 15.6 Å². The van der Waals surface area contributed by atoms with Crippen LogP contribution in [-0.2, 0) is 9.53 Å². The Morgan fingerprint density at radius 2 is 1.70 bits per heavy atom. The number of hydrogen-bond donors (Lipinski definition) is 0. The first-order chi connectivity index (χ1) is 11.1. The van der Waals surface area contributed by atoms with Crippen molar-refractivity contribution in [2.24, 2.45) is 0 Å². The fourth-order valence-corrected chi connectivity index (χ4v) is 4.41. The van der Waals surface area contributed by atoms with Crippen molar-refractivity contribution in [3.63, 3.8) is 0 Å². The fourth-order valence-electron chi connectivity index (χ4n) is 2.77. The summed E-state index contributed by atoms with van der Waals surface area (Å²) in [6, 6.07) is 15.2. The first kappa shape index (κ1) is 16.3. The van der Waals surface area contributed by atoms with Crippen LogP contribution in [0.2, 0.25) is 0 Å². The lowest BCUT2D eigenvalue weighted by atomic mass is 9.88. The second-order valence-electron chi connectivity index (χ2n) is 5.34. The summed E-state index contributed by atoms with van der Waals surface area (Å²) in [4.78, 5) is 23.9. The predicted octanol–water partition coefficient (Wildman–Crippen LogP) is 4.38. The molecular formula is C18H15BrO3S. The third-order valence-electron chi connectivity index (χ3n) is 3.94. The fraction of sp³-hybridized carbons (Fsp3) is 0.222. The molecule has 2 aromatic carbocycles. The second kappa shape index (κ2) is 6.89. The zero-order valence-corrected chi connectivity index (χ0v) is 14.9. The van der Waals surface area contributed by atoms with Crippen LogP contribution in [0.3, 0.4) is 0 Å². The number of thioether (sulfide) groups is 1. The Balaban J connectivity index is 1.90. The molecule has 1 aliphatic heterocycles. The molecule has 0 amide bonds. The highest BCUT2D eigenvalue weighted by Crippen LogP contribution is 2.48. The lowest BCUT2D eigenvalue weighted by Crippen LogP contribution is -2.12. The molecular weight excluding hydrogens is 376 g/mol. The number of Topliss-reactive ketones (excluding diaryl/α,β-unsaturated/α-hetero) is 1. The Bertz CT molecular complexity index is 725. The summed E-state index contributed by atoms with van der Waals surface area (Å²) >= 11 is 5.11. The molecule has 0 spiro atoms. The maximum Gasteiger partial charge on any atom is 0.337 e. The molecule has 3 nitrogen and oxygen atoms in total. The number of methoxy groups -OCH3 is 1. The SMILES string of the molecule is COC(=O)c1ccc([C@@H]2C(=O)CS[C@H]2c2ccc(Br)cc2)cc1. The molecule has 5 heteroatoms. The van der Waals surface area contributed by atoms with Gasteiger partial charge < -0.3 is 4.74 Å². The van der Waals surface area contributed by atoms with Crippen LogP contribution < -0.4 is 0 Å². The largest absolute Gasteiger partial charge is 0.465 e. The molecule has 1 heterocycles. The topological polar surface area (TPSA) is 43.4 Å². The van der Waals surface area contributed by atoms with Crippen molar-refractivity contribution < 1.29 is 14.3 Å². The molecule has 1 saturated heterocycles. The van der Waals surface area contributed by atoms with Crippen molar-refractivity contribution in [1.29, 1.82) is 0 Å². The second-order valence-corrected chi connectivity index (χ2v) is 7.39. The molecule has 2 aromatic rings. The summed E-state index contributed by atoms with van der Waals surface area (Å²) in [6.07, 6.45) is 0. The minimum atomic E-state index is -0.367. The number of carbonyl (C=O) groups is 2. The van der Waals surface area contributed by atoms with Gasteiger partial charge in [-0.05, 0) is 35.4 Å². The summed E-state index contributed by atoms with van der Waals surface area (Å²) < 4.78 is 5.73. The molecule has 0 aromatic heterocycles. The molecule has 1 aliphatic rings. The summed E-state index contributed by atoms with van der Waals surface area (Å²) in [5.74, 6) is 0.208. The van der Waals surface area contributed by atoms with Gasteiger partial charge in [0.05, 0.1) is 24.3 Å². The van der Waals surface area contributed by atoms with E-state index in [9.17, 15) is 9.59 Å². The number of hydrogen-bond acceptors (Lipinski definition) is 4. The van der Waals surface area contributed by atoms with Gasteiger partial charge in [0.2, 0.25) is 0 Å². The lowest BCUT2D eigenvalue weighted by molar-refractivity contribution is -0.117. The highest BCUT2D eigenvalue weighted by molar-refractivity contribution is 9.10. The van der Waals surface area contributed by atoms with Crippen molar-refractivity contribution in [2.45, 2.75) is 11.2 Å². The maximum atomic E-state index is 12.4. The van der Waals surface area contributed by atoms with Gasteiger partial charge in [0.1, 0.15) is 0 Å². The molecule has 0 aliphatic carbocycles. The van der Waals surface area contributed by atoms with Crippen LogP contribution in [0.25, 0.3) is 0 Å². The van der Waals surface area contributed by atoms with Crippen LogP contribution in [0.15, 0.2) is 53.0 Å². The van der Waals surface area contributed by atoms with E-state index in [1.165, 1.54) is 7.11 Å². The van der Waals surface area contributed by atoms with E-state index in [1.54, 1.807) is 23.9 Å². The molecule has 0 saturated carbocycles. The Hall–Kier alpha value is -1.59. The maximum absolute atomic E-state index is 12.4. The number of ketones is 1. The van der Waals surface area contributed by atoms with Crippen molar-refractivity contribution >= 4 is 39.4 Å². The van der Waals surface area contributed by atoms with Crippen LogP contribution in [0.4, 0.5) is 0 Å². The van der Waals surface area contributed by atoms with Crippen molar-refractivity contribution in [3.8, 4) is 0 Å². The van der Waals surface area contributed by atoms with Crippen molar-refractivity contribution in [2.75, 3.05) is 12.9 Å². The molecule has 1 fully saturated rings. The lowest BCUT2D eigenvalue weighted by Gasteiger charge is -2.18. The summed E-state index contributed by atoms with van der Waals surface area (Å²) in [5.41, 5.74) is 2.58. The van der Waals surface area contributed by atoms with E-state index < -0.39 is 0 Å². The van der Waals surface area contributed by atoms with Crippen molar-refractivity contribution in [3.05, 3.63) is 69.7 Å². The normalized spacial score (nSPS) is 20.5. The minimum absolute atomic E-state index is 0.111. The number of benzene rings is 2. The zero-order chi connectivity index (χ0) is 16.4. The van der Waals surface area contributed by atoms with Gasteiger partial charge in [-0.15, -0.1) is 11.8 Å². The van der Waals surface area contributed by atoms with E-state index in [1.807, 2.05) is 24.3 Å². The first-order valence-electron chi connectivity index (χ1n) is 7.18. The Kier molecular flexibility index (Phi) is 4.87. The Morgan fingerprint density at radius 1 is 1.09 bits per heavy atom. The van der Waals surface area contributed by atoms with E-state index >= 15 is 0 Å². The standard InChI is InChI=1S/C18H15BrO3S/c1-22-18(21)13-4-2-11(3-5-13)16-15(20)10-23-17(16)12-6-8-14(19)9-7-12/h2-9,16-17H,10H2,1H3/t16-,17+/m1/s1. The van der Waals surface area contributed by atoms with Crippen LogP contribution >= 0.6 is 27.7 Å².